The molecule has 4 atom stereocenters. The second-order valence-corrected chi connectivity index (χ2v) is 15.8. The summed E-state index contributed by atoms with van der Waals surface area (Å²) >= 11 is 0. The van der Waals surface area contributed by atoms with Crippen molar-refractivity contribution >= 4 is 25.7 Å². The van der Waals surface area contributed by atoms with Crippen LogP contribution in [-0.2, 0) is 37.5 Å². The number of aliphatic hydroxyl groups is 1. The van der Waals surface area contributed by atoms with Gasteiger partial charge in [0, 0.05) is 12.8 Å². The first kappa shape index (κ1) is 55.6. The number of hydrogen-bond acceptors (Lipinski definition) is 10. The number of rotatable bonds is 39. The number of nitrogens with two attached hydrogens (primary N) is 1. The van der Waals surface area contributed by atoms with Gasteiger partial charge in [-0.2, -0.15) is 0 Å². The third-order valence-electron chi connectivity index (χ3n) is 8.72. The summed E-state index contributed by atoms with van der Waals surface area (Å²) in [4.78, 5) is 45.9. The van der Waals surface area contributed by atoms with Crippen LogP contribution >= 0.6 is 7.82 Å². The minimum Gasteiger partial charge on any atom is -0.480 e. The Labute approximate surface area is 355 Å². The largest absolute Gasteiger partial charge is 0.480 e. The highest BCUT2D eigenvalue weighted by Gasteiger charge is 2.28. The van der Waals surface area contributed by atoms with Crippen molar-refractivity contribution in [2.24, 2.45) is 5.73 Å². The molecule has 0 aromatic rings. The van der Waals surface area contributed by atoms with Gasteiger partial charge in [-0.25, -0.2) is 4.57 Å². The molecule has 0 aliphatic heterocycles. The Balaban J connectivity index is 4.57. The molecule has 0 amide bonds. The molecule has 0 heterocycles. The second kappa shape index (κ2) is 40.0. The highest BCUT2D eigenvalue weighted by atomic mass is 31.2. The first-order chi connectivity index (χ1) is 28.5. The number of carboxylic acids is 1. The van der Waals surface area contributed by atoms with E-state index in [9.17, 15) is 28.9 Å². The molecule has 0 fully saturated rings. The molecular formula is C46H76NO11P. The Kier molecular flexibility index (Phi) is 37.8. The first-order valence-electron chi connectivity index (χ1n) is 21.7. The third kappa shape index (κ3) is 39.8. The summed E-state index contributed by atoms with van der Waals surface area (Å²) in [5.41, 5.74) is 5.32. The van der Waals surface area contributed by atoms with Gasteiger partial charge in [0.25, 0.3) is 0 Å². The van der Waals surface area contributed by atoms with Crippen LogP contribution in [0.25, 0.3) is 0 Å². The van der Waals surface area contributed by atoms with Crippen molar-refractivity contribution in [3.63, 3.8) is 0 Å². The summed E-state index contributed by atoms with van der Waals surface area (Å²) in [5, 5.41) is 18.8. The van der Waals surface area contributed by atoms with Gasteiger partial charge in [-0.05, 0) is 77.0 Å². The van der Waals surface area contributed by atoms with Gasteiger partial charge < -0.3 is 30.3 Å². The van der Waals surface area contributed by atoms with Gasteiger partial charge in [-0.1, -0.05) is 144 Å². The number of esters is 2. The van der Waals surface area contributed by atoms with Crippen LogP contribution in [0.2, 0.25) is 0 Å². The van der Waals surface area contributed by atoms with Crippen LogP contribution in [0, 0.1) is 0 Å². The van der Waals surface area contributed by atoms with E-state index >= 15 is 0 Å². The van der Waals surface area contributed by atoms with Crippen LogP contribution < -0.4 is 5.73 Å². The SMILES string of the molecule is CCCCC/C=C\C/C=C\C/C=C\CCCCCCC(=O)OC[C@H](COP(=O)(O)OC[C@H](N)C(=O)O)OC(=O)CCC/C=C\C/C=C\C/C=C\C=C\[C@@H](O)CCCCC. The summed E-state index contributed by atoms with van der Waals surface area (Å²) in [5.74, 6) is -2.52. The lowest BCUT2D eigenvalue weighted by Crippen LogP contribution is -2.34. The monoisotopic (exact) mass is 850 g/mol. The molecule has 0 radical (unpaired) electrons. The number of unbranched alkanes of at least 4 members (excludes halogenated alkanes) is 10. The predicted octanol–water partition coefficient (Wildman–Crippen LogP) is 10.5. The number of aliphatic carboxylic acids is 1. The molecule has 59 heavy (non-hydrogen) atoms. The minimum absolute atomic E-state index is 0.0553. The van der Waals surface area contributed by atoms with Crippen molar-refractivity contribution in [3.8, 4) is 0 Å². The summed E-state index contributed by atoms with van der Waals surface area (Å²) in [6.45, 7) is 2.54. The number of ether oxygens (including phenoxy) is 2. The average molecular weight is 850 g/mol. The predicted molar refractivity (Wildman–Crippen MR) is 236 cm³/mol. The molecular weight excluding hydrogens is 773 g/mol. The van der Waals surface area contributed by atoms with Gasteiger partial charge in [-0.15, -0.1) is 0 Å². The third-order valence-corrected chi connectivity index (χ3v) is 9.67. The Bertz CT molecular complexity index is 1340. The molecule has 0 saturated carbocycles. The maximum Gasteiger partial charge on any atom is 0.472 e. The standard InChI is InChI=1S/C46H76NO11P/c1-3-5-7-8-9-10-11-12-13-14-15-16-19-22-25-28-32-36-44(49)55-38-42(39-56-59(53,54)57-40-43(47)46(51)52)58-45(50)37-33-29-26-23-20-17-18-21-24-27-31-35-41(48)34-30-6-4-2/h9-10,12-13,15-18,23-24,26-27,31,35,41-43,48H,3-8,11,14,19-22,25,28-30,32-34,36-40,47H2,1-2H3,(H,51,52)(H,53,54)/b10-9-,13-12-,16-15-,18-17-,26-23-,27-24-,35-31+/t41-,42+,43-/m0/s1. The first-order valence-corrected chi connectivity index (χ1v) is 23.2. The minimum atomic E-state index is -4.75. The zero-order valence-corrected chi connectivity index (χ0v) is 36.8. The molecule has 0 rings (SSSR count). The Morgan fingerprint density at radius 3 is 1.73 bits per heavy atom. The molecule has 0 aromatic carbocycles. The van der Waals surface area contributed by atoms with E-state index in [1.165, 1.54) is 19.3 Å². The van der Waals surface area contributed by atoms with E-state index in [1.54, 1.807) is 0 Å². The summed E-state index contributed by atoms with van der Waals surface area (Å²) in [7, 11) is -4.75. The number of aliphatic hydroxyl groups excluding tert-OH is 1. The van der Waals surface area contributed by atoms with Gasteiger partial charge in [-0.3, -0.25) is 23.4 Å². The quantitative estimate of drug-likeness (QED) is 0.0151. The van der Waals surface area contributed by atoms with Crippen LogP contribution in [0.1, 0.15) is 149 Å². The topological polar surface area (TPSA) is 192 Å². The highest BCUT2D eigenvalue weighted by molar-refractivity contribution is 7.47. The lowest BCUT2D eigenvalue weighted by molar-refractivity contribution is -0.161. The van der Waals surface area contributed by atoms with Crippen molar-refractivity contribution in [1.82, 2.24) is 0 Å². The summed E-state index contributed by atoms with van der Waals surface area (Å²) in [6.07, 6.45) is 45.5. The smallest absolute Gasteiger partial charge is 0.472 e. The van der Waals surface area contributed by atoms with Gasteiger partial charge in [0.05, 0.1) is 19.3 Å². The van der Waals surface area contributed by atoms with E-state index in [-0.39, 0.29) is 12.8 Å². The fourth-order valence-electron chi connectivity index (χ4n) is 5.23. The van der Waals surface area contributed by atoms with Crippen LogP contribution in [0.15, 0.2) is 85.1 Å². The number of carbonyl (C=O) groups excluding carboxylic acids is 2. The summed E-state index contributed by atoms with van der Waals surface area (Å²) in [6, 6.07) is -1.55. The fraction of sp³-hybridized carbons (Fsp3) is 0.630. The van der Waals surface area contributed by atoms with Crippen molar-refractivity contribution in [1.29, 1.82) is 0 Å². The number of phosphoric ester groups is 1. The van der Waals surface area contributed by atoms with E-state index in [0.29, 0.717) is 19.3 Å². The summed E-state index contributed by atoms with van der Waals surface area (Å²) < 4.78 is 32.6. The van der Waals surface area contributed by atoms with E-state index in [0.717, 1.165) is 83.5 Å². The van der Waals surface area contributed by atoms with Gasteiger partial charge >= 0.3 is 25.7 Å². The van der Waals surface area contributed by atoms with Crippen molar-refractivity contribution in [2.45, 2.75) is 167 Å². The molecule has 0 aliphatic rings. The lowest BCUT2D eigenvalue weighted by atomic mass is 10.1. The number of phosphoric acid groups is 1. The van der Waals surface area contributed by atoms with E-state index in [4.69, 9.17) is 24.8 Å². The average Bonchev–Trinajstić information content (AvgIpc) is 3.20. The Hall–Kier alpha value is -3.38. The Morgan fingerprint density at radius 1 is 0.610 bits per heavy atom. The molecule has 0 aliphatic carbocycles. The van der Waals surface area contributed by atoms with Crippen LogP contribution in [-0.4, -0.2) is 71.1 Å². The molecule has 0 aromatic heterocycles. The number of allylic oxidation sites excluding steroid dienone is 13. The molecule has 13 heteroatoms. The molecule has 5 N–H and O–H groups in total. The number of hydrogen-bond donors (Lipinski definition) is 4. The highest BCUT2D eigenvalue weighted by Crippen LogP contribution is 2.43. The van der Waals surface area contributed by atoms with Crippen molar-refractivity contribution in [2.75, 3.05) is 19.8 Å². The van der Waals surface area contributed by atoms with Crippen LogP contribution in [0.3, 0.4) is 0 Å². The molecule has 0 saturated heterocycles. The van der Waals surface area contributed by atoms with Crippen LogP contribution in [0.4, 0.5) is 0 Å². The number of carbonyl (C=O) groups is 3. The van der Waals surface area contributed by atoms with E-state index < -0.39 is 63.8 Å². The second-order valence-electron chi connectivity index (χ2n) is 14.3. The zero-order chi connectivity index (χ0) is 43.7. The van der Waals surface area contributed by atoms with Gasteiger partial charge in [0.1, 0.15) is 12.6 Å². The van der Waals surface area contributed by atoms with Crippen molar-refractivity contribution in [3.05, 3.63) is 85.1 Å². The van der Waals surface area contributed by atoms with E-state index in [1.807, 2.05) is 48.6 Å². The normalized spacial score (nSPS) is 15.1. The maximum absolute atomic E-state index is 12.6. The molecule has 12 nitrogen and oxygen atoms in total. The van der Waals surface area contributed by atoms with Crippen molar-refractivity contribution < 1.29 is 52.6 Å². The number of carboxylic acid groups (broad SMARTS) is 1. The molecule has 1 unspecified atom stereocenters. The Morgan fingerprint density at radius 2 is 1.12 bits per heavy atom. The van der Waals surface area contributed by atoms with E-state index in [2.05, 4.69) is 54.8 Å². The maximum atomic E-state index is 12.6. The lowest BCUT2D eigenvalue weighted by Gasteiger charge is -2.20. The van der Waals surface area contributed by atoms with Gasteiger partial charge in [0.15, 0.2) is 6.10 Å². The zero-order valence-electron chi connectivity index (χ0n) is 35.9. The fourth-order valence-corrected chi connectivity index (χ4v) is 6.01. The molecule has 0 bridgehead atoms. The van der Waals surface area contributed by atoms with Crippen LogP contribution in [0.5, 0.6) is 0 Å². The molecule has 336 valence electrons. The van der Waals surface area contributed by atoms with Gasteiger partial charge in [0.2, 0.25) is 0 Å². The molecule has 0 spiro atoms.